The van der Waals surface area contributed by atoms with Gasteiger partial charge in [0.2, 0.25) is 5.43 Å². The lowest BCUT2D eigenvalue weighted by molar-refractivity contribution is 0.0826. The first-order chi connectivity index (χ1) is 10.3. The molecule has 0 spiro atoms. The van der Waals surface area contributed by atoms with E-state index < -0.39 is 0 Å². The fraction of sp³-hybridized carbons (Fsp3) is 0.412. The van der Waals surface area contributed by atoms with E-state index in [2.05, 4.69) is 13.8 Å². The number of hydrogen-bond acceptors (Lipinski definition) is 3. The third-order valence-electron chi connectivity index (χ3n) is 3.72. The molecule has 1 heterocycles. The zero-order valence-corrected chi connectivity index (χ0v) is 13.6. The molecule has 2 rings (SSSR count). The Morgan fingerprint density at radius 1 is 1.32 bits per heavy atom. The highest BCUT2D eigenvalue weighted by molar-refractivity contribution is 5.99. The van der Waals surface area contributed by atoms with Crippen LogP contribution in [0, 0.1) is 5.92 Å². The van der Waals surface area contributed by atoms with Crippen molar-refractivity contribution in [1.82, 2.24) is 9.47 Å². The van der Waals surface area contributed by atoms with Gasteiger partial charge >= 0.3 is 0 Å². The highest BCUT2D eigenvalue weighted by Crippen LogP contribution is 2.19. The highest BCUT2D eigenvalue weighted by atomic mass is 16.2. The average molecular weight is 301 g/mol. The number of anilines is 1. The molecule has 0 radical (unpaired) electrons. The Balaban J connectivity index is 2.72. The fourth-order valence-corrected chi connectivity index (χ4v) is 2.44. The van der Waals surface area contributed by atoms with Crippen LogP contribution in [-0.2, 0) is 6.54 Å². The molecule has 0 aliphatic heterocycles. The van der Waals surface area contributed by atoms with E-state index in [9.17, 15) is 9.59 Å². The topological polar surface area (TPSA) is 68.3 Å². The fourth-order valence-electron chi connectivity index (χ4n) is 2.44. The van der Waals surface area contributed by atoms with E-state index in [1.165, 1.54) is 4.90 Å². The predicted octanol–water partition coefficient (Wildman–Crippen LogP) is 2.33. The van der Waals surface area contributed by atoms with E-state index in [1.54, 1.807) is 26.4 Å². The van der Waals surface area contributed by atoms with Gasteiger partial charge in [-0.3, -0.25) is 9.59 Å². The third-order valence-corrected chi connectivity index (χ3v) is 3.72. The summed E-state index contributed by atoms with van der Waals surface area (Å²) >= 11 is 0. The largest absolute Gasteiger partial charge is 0.398 e. The van der Waals surface area contributed by atoms with Crippen LogP contribution in [0.2, 0.25) is 0 Å². The summed E-state index contributed by atoms with van der Waals surface area (Å²) < 4.78 is 1.96. The Hall–Kier alpha value is -2.30. The number of aryl methyl sites for hydroxylation is 1. The van der Waals surface area contributed by atoms with Crippen molar-refractivity contribution in [3.8, 4) is 0 Å². The maximum absolute atomic E-state index is 12.6. The minimum absolute atomic E-state index is 0.166. The summed E-state index contributed by atoms with van der Waals surface area (Å²) in [5, 5.41) is 0.430. The molecule has 0 bridgehead atoms. The van der Waals surface area contributed by atoms with Crippen molar-refractivity contribution in [2.75, 3.05) is 19.8 Å². The first-order valence-corrected chi connectivity index (χ1v) is 7.46. The number of rotatable bonds is 4. The quantitative estimate of drug-likeness (QED) is 0.881. The van der Waals surface area contributed by atoms with Gasteiger partial charge in [-0.1, -0.05) is 19.9 Å². The van der Waals surface area contributed by atoms with Gasteiger partial charge in [0, 0.05) is 32.5 Å². The van der Waals surface area contributed by atoms with Gasteiger partial charge < -0.3 is 15.2 Å². The second kappa shape index (κ2) is 6.22. The van der Waals surface area contributed by atoms with Gasteiger partial charge in [-0.05, 0) is 24.5 Å². The molecular formula is C17H23N3O2. The van der Waals surface area contributed by atoms with Crippen molar-refractivity contribution in [3.63, 3.8) is 0 Å². The standard InChI is InChI=1S/C17H23N3O2/c1-11(2)8-9-20-10-12(17(22)19(3)4)16(21)15-13(18)6-5-7-14(15)20/h5-7,10-11H,8-9,18H2,1-4H3. The first-order valence-electron chi connectivity index (χ1n) is 7.46. The molecule has 0 aliphatic carbocycles. The number of nitrogen functional groups attached to an aromatic ring is 1. The average Bonchev–Trinajstić information content (AvgIpc) is 2.45. The molecule has 0 fully saturated rings. The molecule has 22 heavy (non-hydrogen) atoms. The zero-order valence-electron chi connectivity index (χ0n) is 13.6. The zero-order chi connectivity index (χ0) is 16.4. The molecule has 1 aromatic heterocycles. The summed E-state index contributed by atoms with van der Waals surface area (Å²) in [7, 11) is 3.28. The van der Waals surface area contributed by atoms with Crippen LogP contribution in [0.5, 0.6) is 0 Å². The molecule has 2 aromatic rings. The second-order valence-corrected chi connectivity index (χ2v) is 6.19. The van der Waals surface area contributed by atoms with Crippen LogP contribution in [0.3, 0.4) is 0 Å². The van der Waals surface area contributed by atoms with Crippen molar-refractivity contribution in [2.24, 2.45) is 5.92 Å². The van der Waals surface area contributed by atoms with E-state index in [0.29, 0.717) is 17.0 Å². The van der Waals surface area contributed by atoms with Crippen molar-refractivity contribution < 1.29 is 4.79 Å². The van der Waals surface area contributed by atoms with Crippen molar-refractivity contribution in [2.45, 2.75) is 26.8 Å². The summed E-state index contributed by atoms with van der Waals surface area (Å²) in [5.74, 6) is 0.233. The minimum Gasteiger partial charge on any atom is -0.398 e. The summed E-state index contributed by atoms with van der Waals surface area (Å²) in [6.07, 6.45) is 2.62. The summed E-state index contributed by atoms with van der Waals surface area (Å²) in [6, 6.07) is 5.40. The number of nitrogens with zero attached hydrogens (tertiary/aromatic N) is 2. The number of amides is 1. The normalized spacial score (nSPS) is 11.1. The molecule has 5 nitrogen and oxygen atoms in total. The molecule has 0 saturated heterocycles. The van der Waals surface area contributed by atoms with Crippen LogP contribution in [0.25, 0.3) is 10.9 Å². The molecule has 0 atom stereocenters. The van der Waals surface area contributed by atoms with Gasteiger partial charge in [-0.25, -0.2) is 0 Å². The maximum Gasteiger partial charge on any atom is 0.258 e. The number of carbonyl (C=O) groups is 1. The lowest BCUT2D eigenvalue weighted by atomic mass is 10.1. The monoisotopic (exact) mass is 301 g/mol. The predicted molar refractivity (Wildman–Crippen MR) is 90.1 cm³/mol. The summed E-state index contributed by atoms with van der Waals surface area (Å²) in [4.78, 5) is 26.3. The van der Waals surface area contributed by atoms with Crippen LogP contribution in [0.4, 0.5) is 5.69 Å². The van der Waals surface area contributed by atoms with Crippen molar-refractivity contribution in [1.29, 1.82) is 0 Å². The number of aromatic nitrogens is 1. The maximum atomic E-state index is 12.6. The first kappa shape index (κ1) is 16.1. The molecule has 118 valence electrons. The smallest absolute Gasteiger partial charge is 0.258 e. The number of carbonyl (C=O) groups excluding carboxylic acids is 1. The molecular weight excluding hydrogens is 278 g/mol. The Kier molecular flexibility index (Phi) is 4.54. The molecule has 1 amide bonds. The van der Waals surface area contributed by atoms with Crippen molar-refractivity contribution in [3.05, 3.63) is 40.2 Å². The lowest BCUT2D eigenvalue weighted by Crippen LogP contribution is -2.29. The number of pyridine rings is 1. The van der Waals surface area contributed by atoms with Crippen molar-refractivity contribution >= 4 is 22.5 Å². The van der Waals surface area contributed by atoms with Gasteiger partial charge in [0.05, 0.1) is 10.9 Å². The Labute approximate surface area is 130 Å². The highest BCUT2D eigenvalue weighted by Gasteiger charge is 2.18. The molecule has 0 aliphatic rings. The van der Waals surface area contributed by atoms with Crippen LogP contribution in [0.1, 0.15) is 30.6 Å². The third kappa shape index (κ3) is 2.98. The van der Waals surface area contributed by atoms with Gasteiger partial charge in [-0.15, -0.1) is 0 Å². The Morgan fingerprint density at radius 2 is 2.00 bits per heavy atom. The number of nitrogens with two attached hydrogens (primary N) is 1. The Bertz CT molecular complexity index is 760. The van der Waals surface area contributed by atoms with Gasteiger partial charge in [-0.2, -0.15) is 0 Å². The molecule has 5 heteroatoms. The molecule has 2 N–H and O–H groups in total. The Morgan fingerprint density at radius 3 is 2.59 bits per heavy atom. The van der Waals surface area contributed by atoms with E-state index in [1.807, 2.05) is 16.7 Å². The van der Waals surface area contributed by atoms with Gasteiger partial charge in [0.15, 0.2) is 0 Å². The molecule has 0 unspecified atom stereocenters. The second-order valence-electron chi connectivity index (χ2n) is 6.19. The summed E-state index contributed by atoms with van der Waals surface area (Å²) in [6.45, 7) is 5.03. The molecule has 0 saturated carbocycles. The van der Waals surface area contributed by atoms with Gasteiger partial charge in [0.25, 0.3) is 5.91 Å². The number of hydrogen-bond donors (Lipinski definition) is 1. The van der Waals surface area contributed by atoms with E-state index in [4.69, 9.17) is 5.73 Å². The van der Waals surface area contributed by atoms with E-state index in [-0.39, 0.29) is 16.9 Å². The minimum atomic E-state index is -0.299. The lowest BCUT2D eigenvalue weighted by Gasteiger charge is -2.17. The number of benzene rings is 1. The SMILES string of the molecule is CC(C)CCn1cc(C(=O)N(C)C)c(=O)c2c(N)cccc21. The van der Waals surface area contributed by atoms with Crippen LogP contribution >= 0.6 is 0 Å². The van der Waals surface area contributed by atoms with Crippen LogP contribution < -0.4 is 11.2 Å². The van der Waals surface area contributed by atoms with E-state index >= 15 is 0 Å². The summed E-state index contributed by atoms with van der Waals surface area (Å²) in [5.41, 5.74) is 7.05. The van der Waals surface area contributed by atoms with Gasteiger partial charge in [0.1, 0.15) is 5.56 Å². The number of fused-ring (bicyclic) bond motifs is 1. The van der Waals surface area contributed by atoms with E-state index in [0.717, 1.165) is 18.5 Å². The van der Waals surface area contributed by atoms with Crippen LogP contribution in [-0.4, -0.2) is 29.5 Å². The molecule has 1 aromatic carbocycles. The van der Waals surface area contributed by atoms with Crippen LogP contribution in [0.15, 0.2) is 29.2 Å².